The largest absolute Gasteiger partial charge is 0.446 e. The molecule has 2 aliphatic heterocycles. The summed E-state index contributed by atoms with van der Waals surface area (Å²) >= 11 is 4.08. The van der Waals surface area contributed by atoms with Gasteiger partial charge in [0.2, 0.25) is 0 Å². The third-order valence-electron chi connectivity index (χ3n) is 7.74. The topological polar surface area (TPSA) is 52.6 Å². The molecule has 0 aromatic rings. The summed E-state index contributed by atoms with van der Waals surface area (Å²) in [7, 11) is 0. The van der Waals surface area contributed by atoms with Crippen LogP contribution >= 0.6 is 23.5 Å². The molecule has 0 aromatic heterocycles. The van der Waals surface area contributed by atoms with Crippen LogP contribution in [-0.2, 0) is 19.1 Å². The Labute approximate surface area is 202 Å². The summed E-state index contributed by atoms with van der Waals surface area (Å²) in [6.45, 7) is 7.47. The van der Waals surface area contributed by atoms with Crippen LogP contribution in [0.1, 0.15) is 91.9 Å². The zero-order valence-electron chi connectivity index (χ0n) is 20.0. The van der Waals surface area contributed by atoms with Gasteiger partial charge in [-0.2, -0.15) is 23.5 Å². The van der Waals surface area contributed by atoms with E-state index < -0.39 is 11.2 Å². The maximum absolute atomic E-state index is 12.3. The highest BCUT2D eigenvalue weighted by atomic mass is 32.2. The van der Waals surface area contributed by atoms with Gasteiger partial charge in [0.05, 0.1) is 0 Å². The molecular weight excluding hydrogens is 440 g/mol. The number of esters is 2. The molecule has 2 saturated carbocycles. The van der Waals surface area contributed by atoms with Crippen molar-refractivity contribution in [2.45, 2.75) is 124 Å². The van der Waals surface area contributed by atoms with Crippen molar-refractivity contribution >= 4 is 35.5 Å². The highest BCUT2D eigenvalue weighted by Crippen LogP contribution is 2.52. The van der Waals surface area contributed by atoms with Gasteiger partial charge in [0.15, 0.2) is 11.2 Å². The lowest BCUT2D eigenvalue weighted by molar-refractivity contribution is -0.160. The van der Waals surface area contributed by atoms with E-state index in [0.717, 1.165) is 51.4 Å². The van der Waals surface area contributed by atoms with Gasteiger partial charge in [-0.05, 0) is 25.7 Å². The highest BCUT2D eigenvalue weighted by molar-refractivity contribution is 8.00. The van der Waals surface area contributed by atoms with Gasteiger partial charge in [-0.15, -0.1) is 0 Å². The number of hydrogen-bond donors (Lipinski definition) is 0. The van der Waals surface area contributed by atoms with Crippen LogP contribution in [0.15, 0.2) is 0 Å². The molecular formula is C26H38O4S2. The molecule has 0 amide bonds. The molecule has 0 unspecified atom stereocenters. The van der Waals surface area contributed by atoms with Crippen LogP contribution in [0.2, 0.25) is 0 Å². The van der Waals surface area contributed by atoms with E-state index >= 15 is 0 Å². The molecule has 0 N–H and O–H groups in total. The van der Waals surface area contributed by atoms with Crippen LogP contribution in [0, 0.1) is 23.7 Å². The van der Waals surface area contributed by atoms with Gasteiger partial charge < -0.3 is 9.47 Å². The predicted molar refractivity (Wildman–Crippen MR) is 132 cm³/mol. The number of carbonyl (C=O) groups is 2. The first-order valence-corrected chi connectivity index (χ1v) is 14.4. The van der Waals surface area contributed by atoms with Crippen molar-refractivity contribution in [3.8, 4) is 11.8 Å². The van der Waals surface area contributed by atoms with E-state index in [4.69, 9.17) is 9.47 Å². The Morgan fingerprint density at radius 3 is 1.47 bits per heavy atom. The van der Waals surface area contributed by atoms with Crippen molar-refractivity contribution < 1.29 is 19.1 Å². The first kappa shape index (κ1) is 24.3. The molecule has 2 saturated heterocycles. The Bertz CT molecular complexity index is 726. The van der Waals surface area contributed by atoms with Crippen LogP contribution in [0.4, 0.5) is 0 Å². The number of hydrogen-bond acceptors (Lipinski definition) is 6. The molecule has 178 valence electrons. The summed E-state index contributed by atoms with van der Waals surface area (Å²) < 4.78 is 12.3. The number of rotatable bonds is 2. The number of ether oxygens (including phenoxy) is 2. The van der Waals surface area contributed by atoms with E-state index in [9.17, 15) is 9.59 Å². The molecule has 0 aromatic carbocycles. The minimum atomic E-state index is -0.771. The number of thioether (sulfide) groups is 2. The summed E-state index contributed by atoms with van der Waals surface area (Å²) in [4.78, 5) is 24.6. The summed E-state index contributed by atoms with van der Waals surface area (Å²) in [5, 5.41) is 1.73. The minimum absolute atomic E-state index is 0.251. The first-order chi connectivity index (χ1) is 15.2. The van der Waals surface area contributed by atoms with Crippen molar-refractivity contribution in [3.05, 3.63) is 0 Å². The van der Waals surface area contributed by atoms with Gasteiger partial charge in [-0.25, -0.2) is 0 Å². The van der Waals surface area contributed by atoms with E-state index in [1.165, 1.54) is 26.7 Å². The van der Waals surface area contributed by atoms with E-state index in [1.54, 1.807) is 0 Å². The molecule has 2 aliphatic carbocycles. The second kappa shape index (κ2) is 9.82. The molecule has 4 rings (SSSR count). The second-order valence-electron chi connectivity index (χ2n) is 10.4. The summed E-state index contributed by atoms with van der Waals surface area (Å²) in [5.41, 5.74) is -1.54. The molecule has 32 heavy (non-hydrogen) atoms. The highest BCUT2D eigenvalue weighted by Gasteiger charge is 2.54. The van der Waals surface area contributed by atoms with Gasteiger partial charge >= 0.3 is 11.9 Å². The van der Waals surface area contributed by atoms with Crippen LogP contribution in [0.3, 0.4) is 0 Å². The number of fused-ring (bicyclic) bond motifs is 2. The Morgan fingerprint density at radius 2 is 1.09 bits per heavy atom. The Morgan fingerprint density at radius 1 is 0.719 bits per heavy atom. The third kappa shape index (κ3) is 4.99. The van der Waals surface area contributed by atoms with E-state index in [1.807, 2.05) is 23.5 Å². The second-order valence-corrected chi connectivity index (χ2v) is 13.7. The van der Waals surface area contributed by atoms with Crippen molar-refractivity contribution in [2.24, 2.45) is 11.8 Å². The van der Waals surface area contributed by atoms with Gasteiger partial charge in [0.1, 0.15) is 0 Å². The molecule has 0 spiro atoms. The molecule has 4 nitrogen and oxygen atoms in total. The fourth-order valence-corrected chi connectivity index (χ4v) is 10.3. The zero-order valence-corrected chi connectivity index (χ0v) is 21.6. The maximum Gasteiger partial charge on any atom is 0.304 e. The molecule has 0 radical (unpaired) electrons. The lowest BCUT2D eigenvalue weighted by Gasteiger charge is -2.50. The predicted octanol–water partition coefficient (Wildman–Crippen LogP) is 5.76. The van der Waals surface area contributed by atoms with Gasteiger partial charge in [-0.3, -0.25) is 9.59 Å². The third-order valence-corrected chi connectivity index (χ3v) is 10.8. The average molecular weight is 479 g/mol. The monoisotopic (exact) mass is 478 g/mol. The first-order valence-electron chi connectivity index (χ1n) is 12.5. The lowest BCUT2D eigenvalue weighted by atomic mass is 9.71. The molecule has 2 heterocycles. The van der Waals surface area contributed by atoms with Crippen LogP contribution in [0.5, 0.6) is 0 Å². The van der Waals surface area contributed by atoms with Crippen LogP contribution in [0.25, 0.3) is 0 Å². The van der Waals surface area contributed by atoms with E-state index in [-0.39, 0.29) is 23.8 Å². The summed E-state index contributed by atoms with van der Waals surface area (Å²) in [6, 6.07) is 0. The Kier molecular flexibility index (Phi) is 7.47. The molecule has 4 aliphatic rings. The smallest absolute Gasteiger partial charge is 0.304 e. The van der Waals surface area contributed by atoms with Crippen molar-refractivity contribution in [1.29, 1.82) is 0 Å². The van der Waals surface area contributed by atoms with Gasteiger partial charge in [0, 0.05) is 59.5 Å². The quantitative estimate of drug-likeness (QED) is 0.371. The standard InChI is InChI=1S/C26H38O4S2/c1-17-15-25(29-19(3)27,21-9-5-7-11-23(21)31-17)13-14-26(30-20(4)28)16-18(2)32-24-12-8-6-10-22(24)26/h17-18,21-24H,5-12,15-16H2,1-4H3/t17-,18-,21-,22-,23-,24+,25+,26-/m0/s1. The summed E-state index contributed by atoms with van der Waals surface area (Å²) in [5.74, 6) is 7.13. The Balaban J connectivity index is 1.77. The summed E-state index contributed by atoms with van der Waals surface area (Å²) in [6.07, 6.45) is 10.7. The normalized spacial score (nSPS) is 43.6. The minimum Gasteiger partial charge on any atom is -0.446 e. The van der Waals surface area contributed by atoms with Gasteiger partial charge in [0.25, 0.3) is 0 Å². The molecule has 0 bridgehead atoms. The van der Waals surface area contributed by atoms with Crippen LogP contribution < -0.4 is 0 Å². The maximum atomic E-state index is 12.3. The molecule has 6 heteroatoms. The fraction of sp³-hybridized carbons (Fsp3) is 0.846. The van der Waals surface area contributed by atoms with Crippen LogP contribution in [-0.4, -0.2) is 44.1 Å². The van der Waals surface area contributed by atoms with Gasteiger partial charge in [-0.1, -0.05) is 51.4 Å². The zero-order chi connectivity index (χ0) is 22.9. The molecule has 8 atom stereocenters. The SMILES string of the molecule is CC(=O)O[C@]1(C#C[C@]2(OC(C)=O)C[C@H](C)S[C@@H]3CCCC[C@@H]32)C[C@H](C)S[C@H]2CCCC[C@@H]21. The number of carbonyl (C=O) groups excluding carboxylic acids is 2. The molecule has 4 fully saturated rings. The fourth-order valence-electron chi connectivity index (χ4n) is 6.73. The van der Waals surface area contributed by atoms with Crippen molar-refractivity contribution in [2.75, 3.05) is 0 Å². The Hall–Kier alpha value is -0.800. The lowest BCUT2D eigenvalue weighted by Crippen LogP contribution is -2.54. The van der Waals surface area contributed by atoms with Crippen molar-refractivity contribution in [3.63, 3.8) is 0 Å². The average Bonchev–Trinajstić information content (AvgIpc) is 2.71. The van der Waals surface area contributed by atoms with Crippen molar-refractivity contribution in [1.82, 2.24) is 0 Å². The van der Waals surface area contributed by atoms with E-state index in [0.29, 0.717) is 21.0 Å². The van der Waals surface area contributed by atoms with E-state index in [2.05, 4.69) is 25.7 Å².